The van der Waals surface area contributed by atoms with Gasteiger partial charge in [-0.15, -0.1) is 10.2 Å². The van der Waals surface area contributed by atoms with E-state index >= 15 is 0 Å². The molecule has 1 aromatic heterocycles. The van der Waals surface area contributed by atoms with Gasteiger partial charge in [0, 0.05) is 18.8 Å². The van der Waals surface area contributed by atoms with Gasteiger partial charge in [-0.05, 0) is 49.2 Å². The summed E-state index contributed by atoms with van der Waals surface area (Å²) in [5, 5.41) is 12.0. The van der Waals surface area contributed by atoms with Crippen molar-refractivity contribution >= 4 is 17.7 Å². The molecule has 0 aliphatic rings. The molecule has 0 unspecified atom stereocenters. The third kappa shape index (κ3) is 5.61. The van der Waals surface area contributed by atoms with Crippen molar-refractivity contribution in [3.05, 3.63) is 65.5 Å². The van der Waals surface area contributed by atoms with Crippen molar-refractivity contribution in [3.63, 3.8) is 0 Å². The van der Waals surface area contributed by atoms with Gasteiger partial charge in [0.15, 0.2) is 5.16 Å². The lowest BCUT2D eigenvalue weighted by atomic mass is 10.1. The maximum absolute atomic E-state index is 12.4. The first kappa shape index (κ1) is 21.9. The van der Waals surface area contributed by atoms with Crippen LogP contribution >= 0.6 is 11.8 Å². The van der Waals surface area contributed by atoms with Crippen LogP contribution in [0.15, 0.2) is 53.7 Å². The largest absolute Gasteiger partial charge is 0.497 e. The number of ether oxygens (including phenoxy) is 2. The highest BCUT2D eigenvalue weighted by Gasteiger charge is 2.14. The number of nitrogens with one attached hydrogen (secondary N) is 1. The number of carbonyl (C=O) groups is 1. The molecule has 1 amide bonds. The first-order valence-electron chi connectivity index (χ1n) is 9.72. The second-order valence-corrected chi connectivity index (χ2v) is 7.48. The normalized spacial score (nSPS) is 10.8. The van der Waals surface area contributed by atoms with Crippen LogP contribution in [0.3, 0.4) is 0 Å². The molecule has 7 nitrogen and oxygen atoms in total. The van der Waals surface area contributed by atoms with Gasteiger partial charge in [-0.1, -0.05) is 36.0 Å². The standard InChI is InChI=1S/C22H26N4O3S/c1-4-29-14-18-8-6-5-7-17(18)13-23-21(27)15-30-22-25-24-16(2)26(22)19-9-11-20(28-3)12-10-19/h5-12H,4,13-15H2,1-3H3,(H,23,27). The third-order valence-electron chi connectivity index (χ3n) is 4.51. The molecule has 2 aromatic carbocycles. The van der Waals surface area contributed by atoms with Crippen molar-refractivity contribution < 1.29 is 14.3 Å². The minimum atomic E-state index is -0.0619. The second-order valence-electron chi connectivity index (χ2n) is 6.53. The number of benzene rings is 2. The highest BCUT2D eigenvalue weighted by molar-refractivity contribution is 7.99. The molecule has 0 aliphatic heterocycles. The molecular weight excluding hydrogens is 400 g/mol. The van der Waals surface area contributed by atoms with Crippen molar-refractivity contribution in [2.45, 2.75) is 32.2 Å². The van der Waals surface area contributed by atoms with E-state index in [0.717, 1.165) is 28.4 Å². The molecule has 0 fully saturated rings. The molecule has 0 spiro atoms. The van der Waals surface area contributed by atoms with Gasteiger partial charge in [0.05, 0.1) is 19.5 Å². The number of rotatable bonds is 10. The van der Waals surface area contributed by atoms with Crippen molar-refractivity contribution in [1.29, 1.82) is 0 Å². The Morgan fingerprint density at radius 3 is 2.53 bits per heavy atom. The van der Waals surface area contributed by atoms with Gasteiger partial charge >= 0.3 is 0 Å². The number of nitrogens with zero attached hydrogens (tertiary/aromatic N) is 3. The lowest BCUT2D eigenvalue weighted by Crippen LogP contribution is -2.25. The molecule has 3 aromatic rings. The second kappa shape index (κ2) is 10.8. The fraction of sp³-hybridized carbons (Fsp3) is 0.318. The van der Waals surface area contributed by atoms with Crippen LogP contribution in [0.25, 0.3) is 5.69 Å². The summed E-state index contributed by atoms with van der Waals surface area (Å²) in [6.45, 7) is 5.52. The predicted molar refractivity (Wildman–Crippen MR) is 117 cm³/mol. The predicted octanol–water partition coefficient (Wildman–Crippen LogP) is 3.53. The van der Waals surface area contributed by atoms with Crippen LogP contribution in [0.4, 0.5) is 0 Å². The molecule has 0 saturated heterocycles. The average Bonchev–Trinajstić information content (AvgIpc) is 3.15. The number of aryl methyl sites for hydroxylation is 1. The van der Waals surface area contributed by atoms with Gasteiger partial charge < -0.3 is 14.8 Å². The zero-order valence-corrected chi connectivity index (χ0v) is 18.2. The molecule has 3 rings (SSSR count). The first-order chi connectivity index (χ1) is 14.6. The molecule has 0 radical (unpaired) electrons. The first-order valence-corrected chi connectivity index (χ1v) is 10.7. The fourth-order valence-corrected chi connectivity index (χ4v) is 3.75. The summed E-state index contributed by atoms with van der Waals surface area (Å²) in [7, 11) is 1.63. The Labute approximate surface area is 180 Å². The van der Waals surface area contributed by atoms with Crippen molar-refractivity contribution in [2.75, 3.05) is 19.5 Å². The van der Waals surface area contributed by atoms with Crippen LogP contribution in [-0.4, -0.2) is 40.1 Å². The molecule has 0 aliphatic carbocycles. The molecule has 1 N–H and O–H groups in total. The number of aromatic nitrogens is 3. The Bertz CT molecular complexity index is 973. The Balaban J connectivity index is 1.59. The van der Waals surface area contributed by atoms with E-state index in [9.17, 15) is 4.79 Å². The van der Waals surface area contributed by atoms with E-state index in [0.29, 0.717) is 24.9 Å². The van der Waals surface area contributed by atoms with Gasteiger partial charge in [0.1, 0.15) is 11.6 Å². The van der Waals surface area contributed by atoms with Crippen LogP contribution in [-0.2, 0) is 22.7 Å². The van der Waals surface area contributed by atoms with E-state index < -0.39 is 0 Å². The SMILES string of the molecule is CCOCc1ccccc1CNC(=O)CSc1nnc(C)n1-c1ccc(OC)cc1. The van der Waals surface area contributed by atoms with Crippen molar-refractivity contribution in [2.24, 2.45) is 0 Å². The minimum Gasteiger partial charge on any atom is -0.497 e. The van der Waals surface area contributed by atoms with E-state index in [1.54, 1.807) is 7.11 Å². The van der Waals surface area contributed by atoms with Crippen LogP contribution < -0.4 is 10.1 Å². The van der Waals surface area contributed by atoms with E-state index in [4.69, 9.17) is 9.47 Å². The minimum absolute atomic E-state index is 0.0619. The number of methoxy groups -OCH3 is 1. The molecule has 1 heterocycles. The Morgan fingerprint density at radius 2 is 1.83 bits per heavy atom. The molecular formula is C22H26N4O3S. The number of amides is 1. The zero-order chi connectivity index (χ0) is 21.3. The lowest BCUT2D eigenvalue weighted by molar-refractivity contribution is -0.118. The number of hydrogen-bond donors (Lipinski definition) is 1. The van der Waals surface area contributed by atoms with Gasteiger partial charge in [-0.25, -0.2) is 0 Å². The molecule has 0 saturated carbocycles. The van der Waals surface area contributed by atoms with Gasteiger partial charge in [-0.2, -0.15) is 0 Å². The van der Waals surface area contributed by atoms with Gasteiger partial charge in [0.2, 0.25) is 5.91 Å². The monoisotopic (exact) mass is 426 g/mol. The smallest absolute Gasteiger partial charge is 0.230 e. The maximum atomic E-state index is 12.4. The summed E-state index contributed by atoms with van der Waals surface area (Å²) in [6, 6.07) is 15.6. The molecule has 0 bridgehead atoms. The van der Waals surface area contributed by atoms with E-state index in [-0.39, 0.29) is 11.7 Å². The molecule has 8 heteroatoms. The highest BCUT2D eigenvalue weighted by Crippen LogP contribution is 2.23. The van der Waals surface area contributed by atoms with E-state index in [1.807, 2.05) is 66.9 Å². The average molecular weight is 427 g/mol. The Morgan fingerprint density at radius 1 is 1.10 bits per heavy atom. The summed E-state index contributed by atoms with van der Waals surface area (Å²) >= 11 is 1.36. The van der Waals surface area contributed by atoms with E-state index in [2.05, 4.69) is 15.5 Å². The summed E-state index contributed by atoms with van der Waals surface area (Å²) in [4.78, 5) is 12.4. The molecule has 158 valence electrons. The maximum Gasteiger partial charge on any atom is 0.230 e. The van der Waals surface area contributed by atoms with Crippen LogP contribution in [0.2, 0.25) is 0 Å². The lowest BCUT2D eigenvalue weighted by Gasteiger charge is -2.11. The third-order valence-corrected chi connectivity index (χ3v) is 5.44. The highest BCUT2D eigenvalue weighted by atomic mass is 32.2. The van der Waals surface area contributed by atoms with Crippen LogP contribution in [0, 0.1) is 6.92 Å². The Kier molecular flexibility index (Phi) is 7.87. The van der Waals surface area contributed by atoms with Crippen LogP contribution in [0.5, 0.6) is 5.75 Å². The number of carbonyl (C=O) groups excluding carboxylic acids is 1. The Hall–Kier alpha value is -2.84. The number of hydrogen-bond acceptors (Lipinski definition) is 6. The van der Waals surface area contributed by atoms with Gasteiger partial charge in [-0.3, -0.25) is 9.36 Å². The zero-order valence-electron chi connectivity index (χ0n) is 17.4. The molecule has 0 atom stereocenters. The van der Waals surface area contributed by atoms with Gasteiger partial charge in [0.25, 0.3) is 0 Å². The van der Waals surface area contributed by atoms with E-state index in [1.165, 1.54) is 11.8 Å². The van der Waals surface area contributed by atoms with Crippen molar-refractivity contribution in [1.82, 2.24) is 20.1 Å². The molecule has 30 heavy (non-hydrogen) atoms. The quantitative estimate of drug-likeness (QED) is 0.500. The van der Waals surface area contributed by atoms with Crippen LogP contribution in [0.1, 0.15) is 23.9 Å². The summed E-state index contributed by atoms with van der Waals surface area (Å²) in [5.74, 6) is 1.73. The fourth-order valence-electron chi connectivity index (χ4n) is 2.92. The number of thioether (sulfide) groups is 1. The summed E-state index contributed by atoms with van der Waals surface area (Å²) in [5.41, 5.74) is 3.06. The summed E-state index contributed by atoms with van der Waals surface area (Å²) in [6.07, 6.45) is 0. The van der Waals surface area contributed by atoms with Crippen molar-refractivity contribution in [3.8, 4) is 11.4 Å². The topological polar surface area (TPSA) is 78.3 Å². The summed E-state index contributed by atoms with van der Waals surface area (Å²) < 4.78 is 12.6.